The predicted molar refractivity (Wildman–Crippen MR) is 94.2 cm³/mol. The minimum Gasteiger partial charge on any atom is -0.335 e. The molecule has 0 aliphatic heterocycles. The van der Waals surface area contributed by atoms with E-state index in [1.807, 2.05) is 32.9 Å². The third-order valence-electron chi connectivity index (χ3n) is 4.32. The molecule has 1 amide bonds. The average molecular weight is 346 g/mol. The van der Waals surface area contributed by atoms with Crippen molar-refractivity contribution in [2.45, 2.75) is 31.7 Å². The van der Waals surface area contributed by atoms with Crippen molar-refractivity contribution in [2.24, 2.45) is 5.14 Å². The minimum atomic E-state index is -3.77. The summed E-state index contributed by atoms with van der Waals surface area (Å²) in [6.07, 6.45) is 0. The standard InChI is InChI=1S/C18H22N2O3S/c1-12-8-9-16(10-13(12)2)18(21)20(4)14(3)15-6-5-7-17(11-15)24(19,22)23/h5-11,14H,1-4H3,(H2,19,22,23). The number of sulfonamides is 1. The van der Waals surface area contributed by atoms with Crippen LogP contribution in [-0.2, 0) is 10.0 Å². The van der Waals surface area contributed by atoms with Crippen LogP contribution in [0.3, 0.4) is 0 Å². The van der Waals surface area contributed by atoms with E-state index in [1.165, 1.54) is 12.1 Å². The molecule has 0 fully saturated rings. The maximum Gasteiger partial charge on any atom is 0.254 e. The number of carbonyl (C=O) groups excluding carboxylic acids is 1. The Morgan fingerprint density at radius 3 is 2.33 bits per heavy atom. The van der Waals surface area contributed by atoms with E-state index in [4.69, 9.17) is 5.14 Å². The lowest BCUT2D eigenvalue weighted by Crippen LogP contribution is -2.30. The molecule has 1 unspecified atom stereocenters. The summed E-state index contributed by atoms with van der Waals surface area (Å²) in [6, 6.07) is 11.6. The Morgan fingerprint density at radius 1 is 1.08 bits per heavy atom. The highest BCUT2D eigenvalue weighted by atomic mass is 32.2. The van der Waals surface area contributed by atoms with Gasteiger partial charge in [-0.05, 0) is 61.7 Å². The van der Waals surface area contributed by atoms with Crippen molar-refractivity contribution in [1.82, 2.24) is 4.90 Å². The van der Waals surface area contributed by atoms with Gasteiger partial charge in [-0.1, -0.05) is 18.2 Å². The van der Waals surface area contributed by atoms with Crippen LogP contribution in [0.1, 0.15) is 40.0 Å². The molecule has 1 atom stereocenters. The number of hydrogen-bond donors (Lipinski definition) is 1. The first-order valence-electron chi connectivity index (χ1n) is 7.58. The summed E-state index contributed by atoms with van der Waals surface area (Å²) in [7, 11) is -2.07. The molecule has 0 aliphatic carbocycles. The molecule has 0 aromatic heterocycles. The Bertz CT molecular complexity index is 876. The Hall–Kier alpha value is -2.18. The molecule has 2 rings (SSSR count). The predicted octanol–water partition coefficient (Wildman–Crippen LogP) is 2.78. The highest BCUT2D eigenvalue weighted by molar-refractivity contribution is 7.89. The van der Waals surface area contributed by atoms with Crippen molar-refractivity contribution >= 4 is 15.9 Å². The Labute approximate surface area is 143 Å². The van der Waals surface area contributed by atoms with Gasteiger partial charge in [0, 0.05) is 12.6 Å². The summed E-state index contributed by atoms with van der Waals surface area (Å²) in [4.78, 5) is 14.3. The number of nitrogens with zero attached hydrogens (tertiary/aromatic N) is 1. The van der Waals surface area contributed by atoms with E-state index in [2.05, 4.69) is 0 Å². The minimum absolute atomic E-state index is 0.0406. The van der Waals surface area contributed by atoms with Gasteiger partial charge in [0.25, 0.3) is 5.91 Å². The van der Waals surface area contributed by atoms with Crippen LogP contribution in [0.2, 0.25) is 0 Å². The second-order valence-electron chi connectivity index (χ2n) is 6.01. The van der Waals surface area contributed by atoms with Gasteiger partial charge in [0.2, 0.25) is 10.0 Å². The van der Waals surface area contributed by atoms with Crippen molar-refractivity contribution in [3.05, 3.63) is 64.7 Å². The van der Waals surface area contributed by atoms with Crippen molar-refractivity contribution < 1.29 is 13.2 Å². The van der Waals surface area contributed by atoms with E-state index in [-0.39, 0.29) is 16.8 Å². The van der Waals surface area contributed by atoms with Crippen LogP contribution in [0.5, 0.6) is 0 Å². The second kappa shape index (κ2) is 6.75. The first-order chi connectivity index (χ1) is 11.1. The van der Waals surface area contributed by atoms with Crippen molar-refractivity contribution in [2.75, 3.05) is 7.05 Å². The summed E-state index contributed by atoms with van der Waals surface area (Å²) in [5.41, 5.74) is 3.50. The number of hydrogen-bond acceptors (Lipinski definition) is 3. The highest BCUT2D eigenvalue weighted by Gasteiger charge is 2.20. The smallest absolute Gasteiger partial charge is 0.254 e. The zero-order valence-corrected chi connectivity index (χ0v) is 15.1. The number of nitrogens with two attached hydrogens (primary N) is 1. The van der Waals surface area contributed by atoms with E-state index in [0.29, 0.717) is 11.1 Å². The monoisotopic (exact) mass is 346 g/mol. The van der Waals surface area contributed by atoms with Crippen LogP contribution in [0.25, 0.3) is 0 Å². The SMILES string of the molecule is Cc1ccc(C(=O)N(C)C(C)c2cccc(S(N)(=O)=O)c2)cc1C. The van der Waals surface area contributed by atoms with Gasteiger partial charge in [-0.15, -0.1) is 0 Å². The molecule has 24 heavy (non-hydrogen) atoms. The summed E-state index contributed by atoms with van der Waals surface area (Å²) in [6.45, 7) is 5.81. The van der Waals surface area contributed by atoms with Gasteiger partial charge in [-0.3, -0.25) is 4.79 Å². The lowest BCUT2D eigenvalue weighted by atomic mass is 10.0. The van der Waals surface area contributed by atoms with Crippen LogP contribution in [0.4, 0.5) is 0 Å². The molecule has 0 heterocycles. The van der Waals surface area contributed by atoms with E-state index >= 15 is 0 Å². The third kappa shape index (κ3) is 3.83. The fraction of sp³-hybridized carbons (Fsp3) is 0.278. The Morgan fingerprint density at radius 2 is 1.75 bits per heavy atom. The van der Waals surface area contributed by atoms with Gasteiger partial charge in [0.05, 0.1) is 10.9 Å². The van der Waals surface area contributed by atoms with Crippen LogP contribution in [0.15, 0.2) is 47.4 Å². The normalized spacial score (nSPS) is 12.7. The molecule has 5 nitrogen and oxygen atoms in total. The molecular weight excluding hydrogens is 324 g/mol. The molecule has 0 saturated heterocycles. The number of rotatable bonds is 4. The molecular formula is C18H22N2O3S. The summed E-state index contributed by atoms with van der Waals surface area (Å²) >= 11 is 0. The lowest BCUT2D eigenvalue weighted by Gasteiger charge is -2.26. The molecule has 0 saturated carbocycles. The quantitative estimate of drug-likeness (QED) is 0.924. The molecule has 128 valence electrons. The molecule has 2 N–H and O–H groups in total. The number of aryl methyl sites for hydroxylation is 2. The van der Waals surface area contributed by atoms with Gasteiger partial charge in [-0.2, -0.15) is 0 Å². The van der Waals surface area contributed by atoms with E-state index in [0.717, 1.165) is 11.1 Å². The van der Waals surface area contributed by atoms with Gasteiger partial charge in [-0.25, -0.2) is 13.6 Å². The first kappa shape index (κ1) is 18.2. The van der Waals surface area contributed by atoms with E-state index in [9.17, 15) is 13.2 Å². The van der Waals surface area contributed by atoms with Gasteiger partial charge in [0.15, 0.2) is 0 Å². The van der Waals surface area contributed by atoms with Crippen LogP contribution < -0.4 is 5.14 Å². The maximum atomic E-state index is 12.7. The summed E-state index contributed by atoms with van der Waals surface area (Å²) in [5.74, 6) is -0.119. The third-order valence-corrected chi connectivity index (χ3v) is 5.24. The van der Waals surface area contributed by atoms with Crippen molar-refractivity contribution in [3.63, 3.8) is 0 Å². The first-order valence-corrected chi connectivity index (χ1v) is 9.13. The topological polar surface area (TPSA) is 80.5 Å². The average Bonchev–Trinajstić information content (AvgIpc) is 2.54. The Balaban J connectivity index is 2.30. The van der Waals surface area contributed by atoms with Crippen LogP contribution in [-0.4, -0.2) is 26.3 Å². The molecule has 0 radical (unpaired) electrons. The van der Waals surface area contributed by atoms with Crippen LogP contribution in [0, 0.1) is 13.8 Å². The summed E-state index contributed by atoms with van der Waals surface area (Å²) < 4.78 is 23.0. The van der Waals surface area contributed by atoms with Crippen molar-refractivity contribution in [3.8, 4) is 0 Å². The van der Waals surface area contributed by atoms with Crippen LogP contribution >= 0.6 is 0 Å². The molecule has 2 aromatic carbocycles. The van der Waals surface area contributed by atoms with Crippen molar-refractivity contribution in [1.29, 1.82) is 0 Å². The fourth-order valence-corrected chi connectivity index (χ4v) is 3.00. The zero-order valence-electron chi connectivity index (χ0n) is 14.3. The zero-order chi connectivity index (χ0) is 18.1. The van der Waals surface area contributed by atoms with E-state index in [1.54, 1.807) is 30.1 Å². The molecule has 0 aliphatic rings. The van der Waals surface area contributed by atoms with E-state index < -0.39 is 10.0 Å². The second-order valence-corrected chi connectivity index (χ2v) is 7.57. The van der Waals surface area contributed by atoms with Gasteiger partial charge >= 0.3 is 0 Å². The number of primary sulfonamides is 1. The number of carbonyl (C=O) groups is 1. The largest absolute Gasteiger partial charge is 0.335 e. The molecule has 6 heteroatoms. The maximum absolute atomic E-state index is 12.7. The molecule has 0 spiro atoms. The molecule has 2 aromatic rings. The Kier molecular flexibility index (Phi) is 5.11. The number of amides is 1. The number of benzene rings is 2. The summed E-state index contributed by atoms with van der Waals surface area (Å²) in [5, 5.41) is 5.18. The lowest BCUT2D eigenvalue weighted by molar-refractivity contribution is 0.0742. The van der Waals surface area contributed by atoms with Gasteiger partial charge in [0.1, 0.15) is 0 Å². The molecule has 0 bridgehead atoms. The fourth-order valence-electron chi connectivity index (χ4n) is 2.43. The highest BCUT2D eigenvalue weighted by Crippen LogP contribution is 2.23. The van der Waals surface area contributed by atoms with Gasteiger partial charge < -0.3 is 4.90 Å².